The third kappa shape index (κ3) is 4.78. The molecule has 1 aliphatic heterocycles. The van der Waals surface area contributed by atoms with Gasteiger partial charge in [-0.1, -0.05) is 23.9 Å². The average Bonchev–Trinajstić information content (AvgIpc) is 3.53. The summed E-state index contributed by atoms with van der Waals surface area (Å²) in [6, 6.07) is 7.86. The molecule has 31 heavy (non-hydrogen) atoms. The van der Waals surface area contributed by atoms with Crippen molar-refractivity contribution in [2.45, 2.75) is 24.5 Å². The molecular weight excluding hydrogens is 454 g/mol. The van der Waals surface area contributed by atoms with Crippen molar-refractivity contribution in [3.8, 4) is 0 Å². The third-order valence-electron chi connectivity index (χ3n) is 4.46. The number of esters is 1. The van der Waals surface area contributed by atoms with Crippen LogP contribution in [0.2, 0.25) is 0 Å². The summed E-state index contributed by atoms with van der Waals surface area (Å²) in [6.45, 7) is 1.94. The van der Waals surface area contributed by atoms with Gasteiger partial charge in [-0.05, 0) is 29.8 Å². The van der Waals surface area contributed by atoms with Gasteiger partial charge in [-0.2, -0.15) is 5.10 Å². The number of amides is 1. The maximum Gasteiger partial charge on any atom is 0.343 e. The smallest absolute Gasteiger partial charge is 0.343 e. The summed E-state index contributed by atoms with van der Waals surface area (Å²) in [6.07, 6.45) is 2.00. The van der Waals surface area contributed by atoms with E-state index in [4.69, 9.17) is 10.5 Å². The molecule has 4 heterocycles. The lowest BCUT2D eigenvalue weighted by atomic mass is 10.1. The largest absolute Gasteiger partial charge is 0.462 e. The van der Waals surface area contributed by atoms with Crippen molar-refractivity contribution in [2.24, 2.45) is 5.10 Å². The van der Waals surface area contributed by atoms with E-state index in [9.17, 15) is 9.59 Å². The van der Waals surface area contributed by atoms with E-state index in [0.29, 0.717) is 11.6 Å². The molecule has 3 aromatic rings. The Hall–Kier alpha value is -2.76. The van der Waals surface area contributed by atoms with Crippen LogP contribution in [0.25, 0.3) is 0 Å². The van der Waals surface area contributed by atoms with Crippen molar-refractivity contribution < 1.29 is 14.3 Å². The van der Waals surface area contributed by atoms with Crippen LogP contribution in [0.5, 0.6) is 0 Å². The molecule has 8 nitrogen and oxygen atoms in total. The van der Waals surface area contributed by atoms with Gasteiger partial charge in [0.25, 0.3) is 5.91 Å². The van der Waals surface area contributed by atoms with E-state index in [1.165, 1.54) is 6.20 Å². The quantitative estimate of drug-likeness (QED) is 0.315. The topological polar surface area (TPSA) is 111 Å². The summed E-state index contributed by atoms with van der Waals surface area (Å²) in [4.78, 5) is 35.3. The van der Waals surface area contributed by atoms with Gasteiger partial charge in [0, 0.05) is 17.5 Å². The number of nitrogen functional groups attached to an aromatic ring is 1. The summed E-state index contributed by atoms with van der Waals surface area (Å²) in [5, 5.41) is 10.5. The maximum atomic E-state index is 13.0. The number of aromatic nitrogens is 2. The van der Waals surface area contributed by atoms with Crippen LogP contribution in [0.3, 0.4) is 0 Å². The van der Waals surface area contributed by atoms with Crippen molar-refractivity contribution in [1.82, 2.24) is 15.0 Å². The van der Waals surface area contributed by atoms with E-state index in [0.717, 1.165) is 27.2 Å². The number of hydrogen-bond acceptors (Lipinski definition) is 10. The zero-order valence-corrected chi connectivity index (χ0v) is 19.0. The normalized spacial score (nSPS) is 15.7. The Morgan fingerprint density at radius 1 is 1.29 bits per heavy atom. The summed E-state index contributed by atoms with van der Waals surface area (Å²) < 4.78 is 4.92. The number of ether oxygens (including phenoxy) is 1. The highest BCUT2D eigenvalue weighted by Crippen LogP contribution is 2.36. The number of carbonyl (C=O) groups is 2. The van der Waals surface area contributed by atoms with Crippen LogP contribution in [0.1, 0.15) is 39.5 Å². The lowest BCUT2D eigenvalue weighted by Crippen LogP contribution is -2.28. The molecule has 0 saturated heterocycles. The Morgan fingerprint density at radius 2 is 2.10 bits per heavy atom. The number of hydrogen-bond donors (Lipinski definition) is 1. The van der Waals surface area contributed by atoms with E-state index < -0.39 is 5.97 Å². The van der Waals surface area contributed by atoms with Gasteiger partial charge in [-0.3, -0.25) is 4.79 Å². The highest BCUT2D eigenvalue weighted by Gasteiger charge is 2.34. The van der Waals surface area contributed by atoms with E-state index in [1.54, 1.807) is 34.6 Å². The number of thiophene rings is 2. The van der Waals surface area contributed by atoms with Crippen molar-refractivity contribution in [3.63, 3.8) is 0 Å². The number of carbonyl (C=O) groups excluding carboxylic acids is 2. The fourth-order valence-corrected chi connectivity index (χ4v) is 5.25. The molecular formula is C20H19N5O3S3. The predicted molar refractivity (Wildman–Crippen MR) is 123 cm³/mol. The van der Waals surface area contributed by atoms with Crippen molar-refractivity contribution in [1.29, 1.82) is 0 Å². The average molecular weight is 474 g/mol. The van der Waals surface area contributed by atoms with Crippen molar-refractivity contribution >= 4 is 57.8 Å². The Morgan fingerprint density at radius 3 is 2.77 bits per heavy atom. The Kier molecular flexibility index (Phi) is 6.64. The lowest BCUT2D eigenvalue weighted by molar-refractivity contribution is -0.130. The van der Waals surface area contributed by atoms with E-state index in [-0.39, 0.29) is 35.7 Å². The Bertz CT molecular complexity index is 1100. The summed E-state index contributed by atoms with van der Waals surface area (Å²) in [5.41, 5.74) is 6.88. The van der Waals surface area contributed by atoms with Gasteiger partial charge >= 0.3 is 5.97 Å². The molecule has 0 saturated carbocycles. The molecule has 0 aliphatic carbocycles. The summed E-state index contributed by atoms with van der Waals surface area (Å²) >= 11 is 4.37. The minimum atomic E-state index is -0.570. The van der Waals surface area contributed by atoms with Crippen LogP contribution >= 0.6 is 34.4 Å². The lowest BCUT2D eigenvalue weighted by Gasteiger charge is -2.20. The molecule has 0 bridgehead atoms. The molecule has 1 aliphatic rings. The summed E-state index contributed by atoms with van der Waals surface area (Å²) in [7, 11) is 0. The SMILES string of the molecule is CCOC(=O)c1cnc(SCC(=O)N2N=C(c3cccs3)C[C@@H]2c2cccs2)nc1N. The van der Waals surface area contributed by atoms with Gasteiger partial charge in [-0.25, -0.2) is 19.8 Å². The van der Waals surface area contributed by atoms with Crippen LogP contribution in [0.4, 0.5) is 5.82 Å². The van der Waals surface area contributed by atoms with Gasteiger partial charge in [0.2, 0.25) is 0 Å². The van der Waals surface area contributed by atoms with Gasteiger partial charge < -0.3 is 10.5 Å². The number of nitrogens with two attached hydrogens (primary N) is 1. The minimum Gasteiger partial charge on any atom is -0.462 e. The zero-order valence-electron chi connectivity index (χ0n) is 16.6. The third-order valence-corrected chi connectivity index (χ3v) is 7.20. The highest BCUT2D eigenvalue weighted by atomic mass is 32.2. The van der Waals surface area contributed by atoms with Crippen LogP contribution in [0, 0.1) is 0 Å². The van der Waals surface area contributed by atoms with Gasteiger partial charge in [0.1, 0.15) is 11.4 Å². The maximum absolute atomic E-state index is 13.0. The van der Waals surface area contributed by atoms with Crippen LogP contribution in [-0.2, 0) is 9.53 Å². The number of thioether (sulfide) groups is 1. The first kappa shape index (κ1) is 21.5. The molecule has 2 N–H and O–H groups in total. The predicted octanol–water partition coefficient (Wildman–Crippen LogP) is 3.83. The van der Waals surface area contributed by atoms with E-state index >= 15 is 0 Å². The molecule has 160 valence electrons. The number of rotatable bonds is 7. The van der Waals surface area contributed by atoms with E-state index in [1.807, 2.05) is 35.0 Å². The molecule has 0 radical (unpaired) electrons. The number of nitrogens with zero attached hydrogens (tertiary/aromatic N) is 4. The van der Waals surface area contributed by atoms with Crippen LogP contribution < -0.4 is 5.73 Å². The Balaban J connectivity index is 1.47. The minimum absolute atomic E-state index is 0.0269. The van der Waals surface area contributed by atoms with Gasteiger partial charge in [0.15, 0.2) is 5.16 Å². The molecule has 0 spiro atoms. The fourth-order valence-electron chi connectivity index (χ4n) is 3.04. The molecule has 1 amide bonds. The van der Waals surface area contributed by atoms with Crippen molar-refractivity contribution in [3.05, 3.63) is 56.5 Å². The molecule has 0 aromatic carbocycles. The molecule has 3 aromatic heterocycles. The second-order valence-electron chi connectivity index (χ2n) is 6.46. The number of anilines is 1. The summed E-state index contributed by atoms with van der Waals surface area (Å²) in [5.74, 6) is -0.592. The molecule has 11 heteroatoms. The first-order valence-electron chi connectivity index (χ1n) is 9.46. The Labute approximate surface area is 191 Å². The zero-order chi connectivity index (χ0) is 21.8. The monoisotopic (exact) mass is 473 g/mol. The second-order valence-corrected chi connectivity index (χ2v) is 9.33. The fraction of sp³-hybridized carbons (Fsp3) is 0.250. The molecule has 0 fully saturated rings. The highest BCUT2D eigenvalue weighted by molar-refractivity contribution is 7.99. The van der Waals surface area contributed by atoms with E-state index in [2.05, 4.69) is 15.1 Å². The first-order chi connectivity index (χ1) is 15.1. The van der Waals surface area contributed by atoms with Crippen LogP contribution in [0.15, 0.2) is 51.5 Å². The second kappa shape index (κ2) is 9.58. The molecule has 4 rings (SSSR count). The number of hydrazone groups is 1. The van der Waals surface area contributed by atoms with Gasteiger partial charge in [0.05, 0.1) is 29.0 Å². The molecule has 0 unspecified atom stereocenters. The standard InChI is InChI=1S/C20H19N5O3S3/c1-2-28-19(27)12-10-22-20(23-18(12)21)31-11-17(26)25-14(16-6-4-8-30-16)9-13(24-25)15-5-3-7-29-15/h3-8,10,14H,2,9,11H2,1H3,(H2,21,22,23)/t14-/m1/s1. The first-order valence-corrected chi connectivity index (χ1v) is 12.2. The van der Waals surface area contributed by atoms with Crippen LogP contribution in [-0.4, -0.2) is 44.9 Å². The molecule has 1 atom stereocenters. The van der Waals surface area contributed by atoms with Crippen molar-refractivity contribution in [2.75, 3.05) is 18.1 Å². The van der Waals surface area contributed by atoms with Gasteiger partial charge in [-0.15, -0.1) is 22.7 Å².